The maximum atomic E-state index is 12.5. The van der Waals surface area contributed by atoms with E-state index in [0.29, 0.717) is 36.0 Å². The van der Waals surface area contributed by atoms with Gasteiger partial charge in [0, 0.05) is 5.56 Å². The molecule has 162 valence electrons. The van der Waals surface area contributed by atoms with Gasteiger partial charge in [-0.15, -0.1) is 0 Å². The lowest BCUT2D eigenvalue weighted by Gasteiger charge is -2.13. The molecule has 4 rings (SSSR count). The van der Waals surface area contributed by atoms with Crippen molar-refractivity contribution >= 4 is 17.8 Å². The number of esters is 1. The molecule has 1 aliphatic rings. The molecule has 0 aliphatic carbocycles. The van der Waals surface area contributed by atoms with Crippen LogP contribution in [0.4, 0.5) is 0 Å². The molecule has 1 heterocycles. The highest BCUT2D eigenvalue weighted by atomic mass is 16.5. The number of benzene rings is 3. The van der Waals surface area contributed by atoms with Gasteiger partial charge in [0.25, 0.3) is 0 Å². The quantitative estimate of drug-likeness (QED) is 0.330. The summed E-state index contributed by atoms with van der Waals surface area (Å²) in [5.41, 5.74) is 5.67. The summed E-state index contributed by atoms with van der Waals surface area (Å²) in [6, 6.07) is 21.7. The Morgan fingerprint density at radius 2 is 1.69 bits per heavy atom. The molecule has 0 aromatic heterocycles. The van der Waals surface area contributed by atoms with E-state index >= 15 is 0 Å². The van der Waals surface area contributed by atoms with Gasteiger partial charge >= 0.3 is 5.97 Å². The summed E-state index contributed by atoms with van der Waals surface area (Å²) in [6.07, 6.45) is 3.59. The SMILES string of the molecule is CCOc1cc(/C=C2\C=C(c3ccc(C)c(C)c3)OC2=O)ccc1OCc1ccccc1. The van der Waals surface area contributed by atoms with E-state index in [1.807, 2.05) is 80.6 Å². The highest BCUT2D eigenvalue weighted by molar-refractivity contribution is 6.05. The van der Waals surface area contributed by atoms with Crippen LogP contribution in [-0.4, -0.2) is 12.6 Å². The predicted octanol–water partition coefficient (Wildman–Crippen LogP) is 6.26. The maximum absolute atomic E-state index is 12.5. The fraction of sp³-hybridized carbons (Fsp3) is 0.179. The number of aryl methyl sites for hydroxylation is 2. The normalized spacial score (nSPS) is 14.3. The van der Waals surface area contributed by atoms with Crippen molar-refractivity contribution < 1.29 is 19.0 Å². The van der Waals surface area contributed by atoms with Crippen LogP contribution in [0.2, 0.25) is 0 Å². The zero-order valence-corrected chi connectivity index (χ0v) is 18.6. The molecule has 0 saturated carbocycles. The van der Waals surface area contributed by atoms with Crippen molar-refractivity contribution in [1.29, 1.82) is 0 Å². The molecule has 32 heavy (non-hydrogen) atoms. The second-order valence-electron chi connectivity index (χ2n) is 7.71. The monoisotopic (exact) mass is 426 g/mol. The Hall–Kier alpha value is -3.79. The van der Waals surface area contributed by atoms with Crippen LogP contribution in [0.3, 0.4) is 0 Å². The van der Waals surface area contributed by atoms with Crippen LogP contribution in [0.25, 0.3) is 11.8 Å². The minimum Gasteiger partial charge on any atom is -0.490 e. The van der Waals surface area contributed by atoms with E-state index in [0.717, 1.165) is 22.3 Å². The third-order valence-electron chi connectivity index (χ3n) is 5.34. The Kier molecular flexibility index (Phi) is 6.41. The van der Waals surface area contributed by atoms with E-state index in [1.54, 1.807) is 12.2 Å². The number of hydrogen-bond acceptors (Lipinski definition) is 4. The lowest BCUT2D eigenvalue weighted by atomic mass is 10.0. The molecule has 1 aliphatic heterocycles. The number of rotatable bonds is 7. The molecule has 0 fully saturated rings. The molecule has 0 saturated heterocycles. The highest BCUT2D eigenvalue weighted by Gasteiger charge is 2.22. The second-order valence-corrected chi connectivity index (χ2v) is 7.71. The molecular formula is C28H26O4. The summed E-state index contributed by atoms with van der Waals surface area (Å²) in [6.45, 7) is 7.00. The first-order valence-electron chi connectivity index (χ1n) is 10.7. The summed E-state index contributed by atoms with van der Waals surface area (Å²) in [4.78, 5) is 12.5. The van der Waals surface area contributed by atoms with Crippen molar-refractivity contribution in [2.75, 3.05) is 6.61 Å². The first kappa shape index (κ1) is 21.4. The van der Waals surface area contributed by atoms with E-state index in [1.165, 1.54) is 5.56 Å². The van der Waals surface area contributed by atoms with Gasteiger partial charge in [-0.05, 0) is 73.4 Å². The van der Waals surface area contributed by atoms with Crippen molar-refractivity contribution in [3.63, 3.8) is 0 Å². The lowest BCUT2D eigenvalue weighted by Crippen LogP contribution is -2.00. The van der Waals surface area contributed by atoms with Crippen LogP contribution < -0.4 is 9.47 Å². The first-order chi connectivity index (χ1) is 15.5. The number of carbonyl (C=O) groups is 1. The van der Waals surface area contributed by atoms with Crippen LogP contribution in [0.5, 0.6) is 11.5 Å². The van der Waals surface area contributed by atoms with Crippen LogP contribution in [0, 0.1) is 13.8 Å². The molecule has 0 atom stereocenters. The van der Waals surface area contributed by atoms with E-state index in [-0.39, 0.29) is 5.97 Å². The third kappa shape index (κ3) is 4.92. The number of hydrogen-bond donors (Lipinski definition) is 0. The Morgan fingerprint density at radius 3 is 2.44 bits per heavy atom. The van der Waals surface area contributed by atoms with Gasteiger partial charge in [-0.3, -0.25) is 0 Å². The molecule has 0 amide bonds. The molecule has 3 aromatic rings. The van der Waals surface area contributed by atoms with Gasteiger partial charge in [0.05, 0.1) is 12.2 Å². The molecule has 0 unspecified atom stereocenters. The van der Waals surface area contributed by atoms with E-state index < -0.39 is 0 Å². The zero-order chi connectivity index (χ0) is 22.5. The van der Waals surface area contributed by atoms with Gasteiger partial charge in [0.2, 0.25) is 0 Å². The van der Waals surface area contributed by atoms with E-state index in [4.69, 9.17) is 14.2 Å². The topological polar surface area (TPSA) is 44.8 Å². The van der Waals surface area contributed by atoms with Crippen LogP contribution in [0.15, 0.2) is 78.4 Å². The number of ether oxygens (including phenoxy) is 3. The Labute approximate surface area is 188 Å². The van der Waals surface area contributed by atoms with Crippen LogP contribution >= 0.6 is 0 Å². The fourth-order valence-electron chi connectivity index (χ4n) is 3.44. The summed E-state index contributed by atoms with van der Waals surface area (Å²) < 4.78 is 17.3. The maximum Gasteiger partial charge on any atom is 0.343 e. The molecular weight excluding hydrogens is 400 g/mol. The number of cyclic esters (lactones) is 1. The van der Waals surface area contributed by atoms with E-state index in [2.05, 4.69) is 6.92 Å². The average Bonchev–Trinajstić information content (AvgIpc) is 3.16. The van der Waals surface area contributed by atoms with E-state index in [9.17, 15) is 4.79 Å². The molecule has 0 spiro atoms. The van der Waals surface area contributed by atoms with Gasteiger partial charge in [-0.1, -0.05) is 48.5 Å². The lowest BCUT2D eigenvalue weighted by molar-refractivity contribution is -0.130. The zero-order valence-electron chi connectivity index (χ0n) is 18.6. The van der Waals surface area contributed by atoms with Crippen LogP contribution in [-0.2, 0) is 16.1 Å². The average molecular weight is 427 g/mol. The number of carbonyl (C=O) groups excluding carboxylic acids is 1. The predicted molar refractivity (Wildman–Crippen MR) is 126 cm³/mol. The van der Waals surface area contributed by atoms with Crippen molar-refractivity contribution in [2.45, 2.75) is 27.4 Å². The van der Waals surface area contributed by atoms with Gasteiger partial charge in [0.15, 0.2) is 11.5 Å². The second kappa shape index (κ2) is 9.56. The Morgan fingerprint density at radius 1 is 0.875 bits per heavy atom. The smallest absolute Gasteiger partial charge is 0.343 e. The molecule has 0 bridgehead atoms. The summed E-state index contributed by atoms with van der Waals surface area (Å²) in [5, 5.41) is 0. The molecule has 4 nitrogen and oxygen atoms in total. The van der Waals surface area contributed by atoms with Gasteiger partial charge < -0.3 is 14.2 Å². The van der Waals surface area contributed by atoms with Crippen molar-refractivity contribution in [3.8, 4) is 11.5 Å². The van der Waals surface area contributed by atoms with Crippen LogP contribution in [0.1, 0.15) is 34.7 Å². The molecule has 0 radical (unpaired) electrons. The third-order valence-corrected chi connectivity index (χ3v) is 5.34. The van der Waals surface area contributed by atoms with Gasteiger partial charge in [-0.2, -0.15) is 0 Å². The summed E-state index contributed by atoms with van der Waals surface area (Å²) in [5.74, 6) is 1.51. The summed E-state index contributed by atoms with van der Waals surface area (Å²) >= 11 is 0. The van der Waals surface area contributed by atoms with Crippen molar-refractivity contribution in [1.82, 2.24) is 0 Å². The van der Waals surface area contributed by atoms with Crippen molar-refractivity contribution in [3.05, 3.63) is 106 Å². The molecule has 4 heteroatoms. The van der Waals surface area contributed by atoms with Crippen molar-refractivity contribution in [2.24, 2.45) is 0 Å². The van der Waals surface area contributed by atoms with Gasteiger partial charge in [-0.25, -0.2) is 4.79 Å². The largest absolute Gasteiger partial charge is 0.490 e. The fourth-order valence-corrected chi connectivity index (χ4v) is 3.44. The summed E-state index contributed by atoms with van der Waals surface area (Å²) in [7, 11) is 0. The Balaban J connectivity index is 1.57. The first-order valence-corrected chi connectivity index (χ1v) is 10.7. The minimum atomic E-state index is -0.361. The highest BCUT2D eigenvalue weighted by Crippen LogP contribution is 2.32. The Bertz CT molecular complexity index is 1190. The standard InChI is InChI=1S/C28H26O4/c1-4-30-27-16-22(11-13-25(27)31-18-21-8-6-5-7-9-21)15-24-17-26(32-28(24)29)23-12-10-19(2)20(3)14-23/h5-17H,4,18H2,1-3H3/b24-15+. The van der Waals surface area contributed by atoms with Gasteiger partial charge in [0.1, 0.15) is 12.4 Å². The molecule has 0 N–H and O–H groups in total. The minimum absolute atomic E-state index is 0.361. The molecule has 3 aromatic carbocycles.